The molecule has 0 amide bonds. The lowest BCUT2D eigenvalue weighted by Crippen LogP contribution is -2.19. The molecule has 2 aromatic heterocycles. The molecule has 0 saturated carbocycles. The average molecular weight is 277 g/mol. The zero-order valence-corrected chi connectivity index (χ0v) is 13.0. The van der Waals surface area contributed by atoms with Gasteiger partial charge in [0.2, 0.25) is 0 Å². The van der Waals surface area contributed by atoms with Crippen LogP contribution in [0.25, 0.3) is 0 Å². The van der Waals surface area contributed by atoms with Crippen molar-refractivity contribution in [2.24, 2.45) is 7.05 Å². The van der Waals surface area contributed by atoms with Crippen LogP contribution in [0.15, 0.2) is 18.3 Å². The van der Waals surface area contributed by atoms with Crippen LogP contribution in [0.5, 0.6) is 0 Å². The summed E-state index contributed by atoms with van der Waals surface area (Å²) in [4.78, 5) is 2.91. The highest BCUT2D eigenvalue weighted by atomic mass is 32.1. The van der Waals surface area contributed by atoms with E-state index in [0.717, 1.165) is 19.3 Å². The molecule has 0 bridgehead atoms. The van der Waals surface area contributed by atoms with Crippen molar-refractivity contribution >= 4 is 11.3 Å². The van der Waals surface area contributed by atoms with Crippen LogP contribution in [-0.4, -0.2) is 16.8 Å². The standard InChI is InChI=1S/C15H23N3S/c1-5-11-7-8-12(19-11)9-15(16-3)13-10-18(4)17-14(13)6-2/h7-8,10,15-16H,5-6,9H2,1-4H3. The molecule has 2 aromatic rings. The van der Waals surface area contributed by atoms with Crippen LogP contribution in [-0.2, 0) is 26.3 Å². The van der Waals surface area contributed by atoms with Crippen molar-refractivity contribution in [1.29, 1.82) is 0 Å². The lowest BCUT2D eigenvalue weighted by molar-refractivity contribution is 0.591. The van der Waals surface area contributed by atoms with Gasteiger partial charge in [-0.2, -0.15) is 5.10 Å². The Bertz CT molecular complexity index is 527. The highest BCUT2D eigenvalue weighted by molar-refractivity contribution is 7.11. The monoisotopic (exact) mass is 277 g/mol. The zero-order valence-electron chi connectivity index (χ0n) is 12.2. The third-order valence-corrected chi connectivity index (χ3v) is 4.72. The molecule has 19 heavy (non-hydrogen) atoms. The largest absolute Gasteiger partial charge is 0.313 e. The maximum Gasteiger partial charge on any atom is 0.0669 e. The normalized spacial score (nSPS) is 12.8. The minimum Gasteiger partial charge on any atom is -0.313 e. The molecule has 0 aliphatic rings. The van der Waals surface area contributed by atoms with Crippen LogP contribution < -0.4 is 5.32 Å². The number of likely N-dealkylation sites (N-methyl/N-ethyl adjacent to an activating group) is 1. The Labute approximate surface area is 119 Å². The van der Waals surface area contributed by atoms with Gasteiger partial charge in [0.05, 0.1) is 5.69 Å². The van der Waals surface area contributed by atoms with Crippen molar-refractivity contribution in [2.45, 2.75) is 39.2 Å². The van der Waals surface area contributed by atoms with Crippen molar-refractivity contribution in [3.05, 3.63) is 39.3 Å². The third kappa shape index (κ3) is 3.25. The van der Waals surface area contributed by atoms with Gasteiger partial charge in [-0.1, -0.05) is 13.8 Å². The van der Waals surface area contributed by atoms with Crippen LogP contribution >= 0.6 is 11.3 Å². The second kappa shape index (κ2) is 6.35. The van der Waals surface area contributed by atoms with Crippen LogP contribution in [0.4, 0.5) is 0 Å². The van der Waals surface area contributed by atoms with E-state index in [1.54, 1.807) is 0 Å². The predicted molar refractivity (Wildman–Crippen MR) is 81.8 cm³/mol. The first-order valence-electron chi connectivity index (χ1n) is 6.95. The van der Waals surface area contributed by atoms with Gasteiger partial charge in [0.25, 0.3) is 0 Å². The lowest BCUT2D eigenvalue weighted by atomic mass is 10.0. The van der Waals surface area contributed by atoms with Gasteiger partial charge in [-0.25, -0.2) is 0 Å². The fourth-order valence-electron chi connectivity index (χ4n) is 2.41. The fourth-order valence-corrected chi connectivity index (χ4v) is 3.41. The Morgan fingerprint density at radius 3 is 2.58 bits per heavy atom. The van der Waals surface area contributed by atoms with Crippen molar-refractivity contribution < 1.29 is 0 Å². The summed E-state index contributed by atoms with van der Waals surface area (Å²) in [6, 6.07) is 4.86. The molecule has 0 aliphatic carbocycles. The molecule has 0 aliphatic heterocycles. The summed E-state index contributed by atoms with van der Waals surface area (Å²) >= 11 is 1.92. The van der Waals surface area contributed by atoms with Crippen LogP contribution in [0.1, 0.15) is 40.9 Å². The number of hydrogen-bond acceptors (Lipinski definition) is 3. The van der Waals surface area contributed by atoms with E-state index < -0.39 is 0 Å². The van der Waals surface area contributed by atoms with Gasteiger partial charge in [-0.05, 0) is 32.0 Å². The highest BCUT2D eigenvalue weighted by Crippen LogP contribution is 2.25. The smallest absolute Gasteiger partial charge is 0.0669 e. The molecule has 4 heteroatoms. The molecule has 1 N–H and O–H groups in total. The minimum atomic E-state index is 0.354. The molecule has 0 saturated heterocycles. The van der Waals surface area contributed by atoms with Gasteiger partial charge in [-0.15, -0.1) is 11.3 Å². The van der Waals surface area contributed by atoms with E-state index in [1.807, 2.05) is 30.1 Å². The molecule has 2 heterocycles. The second-order valence-corrected chi connectivity index (χ2v) is 6.08. The van der Waals surface area contributed by atoms with Crippen LogP contribution in [0.3, 0.4) is 0 Å². The Hall–Kier alpha value is -1.13. The van der Waals surface area contributed by atoms with Gasteiger partial charge < -0.3 is 5.32 Å². The molecule has 104 valence electrons. The Balaban J connectivity index is 2.19. The maximum absolute atomic E-state index is 4.54. The van der Waals surface area contributed by atoms with Crippen molar-refractivity contribution in [1.82, 2.24) is 15.1 Å². The summed E-state index contributed by atoms with van der Waals surface area (Å²) in [7, 11) is 4.03. The number of thiophene rings is 1. The number of nitrogens with one attached hydrogen (secondary N) is 1. The summed E-state index contributed by atoms with van der Waals surface area (Å²) in [5, 5.41) is 7.98. The topological polar surface area (TPSA) is 29.9 Å². The quantitative estimate of drug-likeness (QED) is 0.879. The number of aromatic nitrogens is 2. The van der Waals surface area contributed by atoms with Crippen molar-refractivity contribution in [3.63, 3.8) is 0 Å². The molecule has 0 aromatic carbocycles. The van der Waals surface area contributed by atoms with E-state index in [1.165, 1.54) is 21.0 Å². The summed E-state index contributed by atoms with van der Waals surface area (Å²) in [6.07, 6.45) is 5.30. The first-order chi connectivity index (χ1) is 9.17. The van der Waals surface area contributed by atoms with Gasteiger partial charge in [0.15, 0.2) is 0 Å². The first kappa shape index (κ1) is 14.3. The van der Waals surface area contributed by atoms with E-state index in [2.05, 4.69) is 42.6 Å². The third-order valence-electron chi connectivity index (χ3n) is 3.47. The molecule has 3 nitrogen and oxygen atoms in total. The molecule has 0 spiro atoms. The molecule has 0 fully saturated rings. The maximum atomic E-state index is 4.54. The number of hydrogen-bond donors (Lipinski definition) is 1. The summed E-state index contributed by atoms with van der Waals surface area (Å²) < 4.78 is 1.92. The Kier molecular flexibility index (Phi) is 4.77. The van der Waals surface area contributed by atoms with E-state index in [0.29, 0.717) is 6.04 Å². The highest BCUT2D eigenvalue weighted by Gasteiger charge is 2.17. The second-order valence-electron chi connectivity index (χ2n) is 4.83. The fraction of sp³-hybridized carbons (Fsp3) is 0.533. The molecule has 2 rings (SSSR count). The summed E-state index contributed by atoms with van der Waals surface area (Å²) in [5.74, 6) is 0. The van der Waals surface area contributed by atoms with Gasteiger partial charge >= 0.3 is 0 Å². The summed E-state index contributed by atoms with van der Waals surface area (Å²) in [6.45, 7) is 4.38. The Morgan fingerprint density at radius 2 is 2.00 bits per heavy atom. The van der Waals surface area contributed by atoms with Crippen LogP contribution in [0, 0.1) is 0 Å². The number of rotatable bonds is 6. The van der Waals surface area contributed by atoms with Gasteiger partial charge in [-0.3, -0.25) is 4.68 Å². The van der Waals surface area contributed by atoms with Gasteiger partial charge in [0, 0.05) is 41.0 Å². The average Bonchev–Trinajstić information content (AvgIpc) is 3.01. The van der Waals surface area contributed by atoms with Crippen molar-refractivity contribution in [2.75, 3.05) is 7.05 Å². The SMILES string of the molecule is CCc1ccc(CC(NC)c2cn(C)nc2CC)s1. The van der Waals surface area contributed by atoms with Crippen LogP contribution in [0.2, 0.25) is 0 Å². The van der Waals surface area contributed by atoms with E-state index in [-0.39, 0.29) is 0 Å². The molecule has 1 atom stereocenters. The Morgan fingerprint density at radius 1 is 1.26 bits per heavy atom. The van der Waals surface area contributed by atoms with E-state index in [4.69, 9.17) is 0 Å². The van der Waals surface area contributed by atoms with E-state index >= 15 is 0 Å². The zero-order chi connectivity index (χ0) is 13.8. The van der Waals surface area contributed by atoms with Crippen molar-refractivity contribution in [3.8, 4) is 0 Å². The molecule has 0 radical (unpaired) electrons. The minimum absolute atomic E-state index is 0.354. The van der Waals surface area contributed by atoms with Gasteiger partial charge in [0.1, 0.15) is 0 Å². The lowest BCUT2D eigenvalue weighted by Gasteiger charge is -2.15. The first-order valence-corrected chi connectivity index (χ1v) is 7.76. The molecule has 1 unspecified atom stereocenters. The number of aryl methyl sites for hydroxylation is 3. The molecular weight excluding hydrogens is 254 g/mol. The predicted octanol–water partition coefficient (Wildman–Crippen LogP) is 3.11. The summed E-state index contributed by atoms with van der Waals surface area (Å²) in [5.41, 5.74) is 2.54. The van der Waals surface area contributed by atoms with E-state index in [9.17, 15) is 0 Å². The molecular formula is C15H23N3S. The number of nitrogens with zero attached hydrogens (tertiary/aromatic N) is 2.